The molecular formula is C10H19N3S. The van der Waals surface area contributed by atoms with E-state index in [1.807, 2.05) is 11.7 Å². The number of nitrogens with two attached hydrogens (primary N) is 1. The molecule has 1 atom stereocenters. The van der Waals surface area contributed by atoms with Crippen LogP contribution in [0, 0.1) is 0 Å². The third-order valence-corrected chi connectivity index (χ3v) is 2.90. The zero-order chi connectivity index (χ0) is 10.2. The largest absolute Gasteiger partial charge is 0.327 e. The van der Waals surface area contributed by atoms with Gasteiger partial charge in [0.05, 0.1) is 5.51 Å². The maximum Gasteiger partial charge on any atom is 0.0794 e. The Hall–Kier alpha value is -0.450. The molecule has 0 radical (unpaired) electrons. The maximum absolute atomic E-state index is 5.92. The molecule has 0 spiro atoms. The summed E-state index contributed by atoms with van der Waals surface area (Å²) in [6.45, 7) is 3.99. The molecule has 1 rings (SSSR count). The predicted molar refractivity (Wildman–Crippen MR) is 61.3 cm³/mol. The molecule has 3 nitrogen and oxygen atoms in total. The van der Waals surface area contributed by atoms with Crippen LogP contribution in [0.25, 0.3) is 0 Å². The van der Waals surface area contributed by atoms with Gasteiger partial charge in [0.25, 0.3) is 0 Å². The molecule has 0 saturated carbocycles. The Balaban J connectivity index is 2.03. The zero-order valence-corrected chi connectivity index (χ0v) is 9.52. The van der Waals surface area contributed by atoms with Crippen molar-refractivity contribution in [1.82, 2.24) is 10.3 Å². The number of thiazole rings is 1. The summed E-state index contributed by atoms with van der Waals surface area (Å²) >= 11 is 1.68. The van der Waals surface area contributed by atoms with Crippen LogP contribution in [-0.4, -0.2) is 17.6 Å². The summed E-state index contributed by atoms with van der Waals surface area (Å²) in [5.41, 5.74) is 7.78. The molecule has 1 aromatic heterocycles. The fourth-order valence-corrected chi connectivity index (χ4v) is 1.84. The van der Waals surface area contributed by atoms with Crippen LogP contribution in [0.2, 0.25) is 0 Å². The molecule has 0 bridgehead atoms. The Labute approximate surface area is 89.7 Å². The number of nitrogens with one attached hydrogen (secondary N) is 1. The third kappa shape index (κ3) is 4.69. The highest BCUT2D eigenvalue weighted by Gasteiger charge is 2.01. The summed E-state index contributed by atoms with van der Waals surface area (Å²) in [6.07, 6.45) is 5.47. The number of rotatable bonds is 7. The van der Waals surface area contributed by atoms with Crippen molar-refractivity contribution in [3.8, 4) is 0 Å². The molecule has 0 fully saturated rings. The van der Waals surface area contributed by atoms with Crippen molar-refractivity contribution in [1.29, 1.82) is 0 Å². The predicted octanol–water partition coefficient (Wildman–Crippen LogP) is 1.75. The molecule has 1 unspecified atom stereocenters. The van der Waals surface area contributed by atoms with E-state index in [4.69, 9.17) is 5.73 Å². The van der Waals surface area contributed by atoms with Gasteiger partial charge in [-0.25, -0.2) is 0 Å². The summed E-state index contributed by atoms with van der Waals surface area (Å²) in [6, 6.07) is 0.294. The molecule has 14 heavy (non-hydrogen) atoms. The second-order valence-electron chi connectivity index (χ2n) is 3.50. The Morgan fingerprint density at radius 3 is 3.14 bits per heavy atom. The molecule has 3 N–H and O–H groups in total. The minimum Gasteiger partial charge on any atom is -0.327 e. The van der Waals surface area contributed by atoms with Gasteiger partial charge in [0.15, 0.2) is 0 Å². The van der Waals surface area contributed by atoms with E-state index in [1.165, 1.54) is 17.7 Å². The van der Waals surface area contributed by atoms with Crippen LogP contribution in [0.3, 0.4) is 0 Å². The van der Waals surface area contributed by atoms with Crippen molar-refractivity contribution in [2.45, 2.75) is 38.8 Å². The van der Waals surface area contributed by atoms with E-state index in [0.717, 1.165) is 19.5 Å². The SMILES string of the molecule is CCCCC(N)CNCc1cncs1. The molecule has 0 aliphatic rings. The fourth-order valence-electron chi connectivity index (χ4n) is 1.28. The molecule has 1 heterocycles. The molecule has 80 valence electrons. The maximum atomic E-state index is 5.92. The molecule has 0 aromatic carbocycles. The fraction of sp³-hybridized carbons (Fsp3) is 0.700. The average molecular weight is 213 g/mol. The highest BCUT2D eigenvalue weighted by atomic mass is 32.1. The molecule has 0 amide bonds. The second kappa shape index (κ2) is 6.92. The lowest BCUT2D eigenvalue weighted by Crippen LogP contribution is -2.33. The standard InChI is InChI=1S/C10H19N3S/c1-2-3-4-9(11)5-12-6-10-7-13-8-14-10/h7-9,12H,2-6,11H2,1H3. The van der Waals surface area contributed by atoms with E-state index in [0.29, 0.717) is 6.04 Å². The summed E-state index contributed by atoms with van der Waals surface area (Å²) in [7, 11) is 0. The van der Waals surface area contributed by atoms with Crippen LogP contribution < -0.4 is 11.1 Å². The third-order valence-electron chi connectivity index (χ3n) is 2.12. The van der Waals surface area contributed by atoms with Crippen LogP contribution >= 0.6 is 11.3 Å². The lowest BCUT2D eigenvalue weighted by molar-refractivity contribution is 0.525. The van der Waals surface area contributed by atoms with Gasteiger partial charge in [-0.3, -0.25) is 4.98 Å². The van der Waals surface area contributed by atoms with E-state index >= 15 is 0 Å². The normalized spacial score (nSPS) is 13.0. The van der Waals surface area contributed by atoms with Crippen molar-refractivity contribution in [3.63, 3.8) is 0 Å². The van der Waals surface area contributed by atoms with Crippen LogP contribution in [0.1, 0.15) is 31.1 Å². The van der Waals surface area contributed by atoms with E-state index in [1.54, 1.807) is 11.3 Å². The lowest BCUT2D eigenvalue weighted by Gasteiger charge is -2.11. The van der Waals surface area contributed by atoms with Gasteiger partial charge in [-0.1, -0.05) is 19.8 Å². The number of hydrogen-bond donors (Lipinski definition) is 2. The molecule has 0 saturated heterocycles. The Morgan fingerprint density at radius 1 is 1.64 bits per heavy atom. The van der Waals surface area contributed by atoms with E-state index in [-0.39, 0.29) is 0 Å². The van der Waals surface area contributed by atoms with Gasteiger partial charge >= 0.3 is 0 Å². The minimum absolute atomic E-state index is 0.294. The van der Waals surface area contributed by atoms with Crippen molar-refractivity contribution in [2.75, 3.05) is 6.54 Å². The monoisotopic (exact) mass is 213 g/mol. The first-order valence-corrected chi connectivity index (χ1v) is 6.04. The lowest BCUT2D eigenvalue weighted by atomic mass is 10.1. The number of aromatic nitrogens is 1. The first-order chi connectivity index (χ1) is 6.83. The highest BCUT2D eigenvalue weighted by Crippen LogP contribution is 2.04. The van der Waals surface area contributed by atoms with Gasteiger partial charge in [0.2, 0.25) is 0 Å². The number of hydrogen-bond acceptors (Lipinski definition) is 4. The van der Waals surface area contributed by atoms with Gasteiger partial charge < -0.3 is 11.1 Å². The van der Waals surface area contributed by atoms with Crippen LogP contribution in [-0.2, 0) is 6.54 Å². The van der Waals surface area contributed by atoms with Crippen molar-refractivity contribution in [2.24, 2.45) is 5.73 Å². The minimum atomic E-state index is 0.294. The van der Waals surface area contributed by atoms with E-state index in [2.05, 4.69) is 17.2 Å². The van der Waals surface area contributed by atoms with Crippen LogP contribution in [0.15, 0.2) is 11.7 Å². The molecule has 0 aliphatic carbocycles. The summed E-state index contributed by atoms with van der Waals surface area (Å²) in [5, 5.41) is 3.34. The van der Waals surface area contributed by atoms with E-state index in [9.17, 15) is 0 Å². The Morgan fingerprint density at radius 2 is 2.50 bits per heavy atom. The van der Waals surface area contributed by atoms with Crippen molar-refractivity contribution in [3.05, 3.63) is 16.6 Å². The second-order valence-corrected chi connectivity index (χ2v) is 4.47. The topological polar surface area (TPSA) is 50.9 Å². The first-order valence-electron chi connectivity index (χ1n) is 5.16. The number of unbranched alkanes of at least 4 members (excludes halogenated alkanes) is 1. The first kappa shape index (κ1) is 11.6. The van der Waals surface area contributed by atoms with Gasteiger partial charge in [0, 0.05) is 30.2 Å². The molecule has 4 heteroatoms. The molecule has 1 aromatic rings. The highest BCUT2D eigenvalue weighted by molar-refractivity contribution is 7.09. The quantitative estimate of drug-likeness (QED) is 0.725. The van der Waals surface area contributed by atoms with Crippen molar-refractivity contribution < 1.29 is 0 Å². The van der Waals surface area contributed by atoms with Gasteiger partial charge in [-0.15, -0.1) is 11.3 Å². The smallest absolute Gasteiger partial charge is 0.0794 e. The van der Waals surface area contributed by atoms with Crippen LogP contribution in [0.4, 0.5) is 0 Å². The van der Waals surface area contributed by atoms with Gasteiger partial charge in [0.1, 0.15) is 0 Å². The summed E-state index contributed by atoms with van der Waals surface area (Å²) in [5.74, 6) is 0. The summed E-state index contributed by atoms with van der Waals surface area (Å²) < 4.78 is 0. The Bertz CT molecular complexity index is 223. The Kier molecular flexibility index (Phi) is 5.75. The molecular weight excluding hydrogens is 194 g/mol. The van der Waals surface area contributed by atoms with Crippen LogP contribution in [0.5, 0.6) is 0 Å². The van der Waals surface area contributed by atoms with Gasteiger partial charge in [-0.2, -0.15) is 0 Å². The van der Waals surface area contributed by atoms with Crippen molar-refractivity contribution >= 4 is 11.3 Å². The summed E-state index contributed by atoms with van der Waals surface area (Å²) in [4.78, 5) is 5.29. The van der Waals surface area contributed by atoms with E-state index < -0.39 is 0 Å². The zero-order valence-electron chi connectivity index (χ0n) is 8.70. The molecule has 0 aliphatic heterocycles. The average Bonchev–Trinajstić information content (AvgIpc) is 2.67. The number of nitrogens with zero attached hydrogens (tertiary/aromatic N) is 1. The van der Waals surface area contributed by atoms with Gasteiger partial charge in [-0.05, 0) is 6.42 Å².